The molecule has 1 unspecified atom stereocenters. The van der Waals surface area contributed by atoms with Crippen LogP contribution in [0.1, 0.15) is 36.8 Å². The van der Waals surface area contributed by atoms with Gasteiger partial charge in [0.05, 0.1) is 24.8 Å². The number of phenols is 1. The Kier molecular flexibility index (Phi) is 6.88. The molecule has 6 N–H and O–H groups in total. The number of nitrogens with two attached hydrogens (primary N) is 1. The third-order valence-electron chi connectivity index (χ3n) is 5.63. The predicted octanol–water partition coefficient (Wildman–Crippen LogP) is 0.504. The van der Waals surface area contributed by atoms with Crippen molar-refractivity contribution in [3.63, 3.8) is 0 Å². The van der Waals surface area contributed by atoms with E-state index in [1.165, 1.54) is 49.7 Å². The van der Waals surface area contributed by atoms with Crippen molar-refractivity contribution in [3.05, 3.63) is 77.1 Å². The number of anilines is 1. The molecular weight excluding hydrogens is 452 g/mol. The number of aromatic nitrogens is 2. The van der Waals surface area contributed by atoms with Crippen molar-refractivity contribution in [1.82, 2.24) is 25.9 Å². The van der Waals surface area contributed by atoms with E-state index in [0.717, 1.165) is 0 Å². The average Bonchev–Trinajstić information content (AvgIpc) is 3.30. The summed E-state index contributed by atoms with van der Waals surface area (Å²) in [5, 5.41) is 19.1. The number of benzene rings is 2. The maximum absolute atomic E-state index is 12.8. The number of rotatable bonds is 7. The number of para-hydroxylation sites is 1. The van der Waals surface area contributed by atoms with Gasteiger partial charge in [-0.25, -0.2) is 9.97 Å². The molecule has 0 saturated carbocycles. The van der Waals surface area contributed by atoms with E-state index in [-0.39, 0.29) is 46.7 Å². The summed E-state index contributed by atoms with van der Waals surface area (Å²) in [6.07, 6.45) is 1.40. The minimum Gasteiger partial charge on any atom is -0.504 e. The lowest BCUT2D eigenvalue weighted by atomic mass is 10.0. The van der Waals surface area contributed by atoms with Gasteiger partial charge >= 0.3 is 0 Å². The predicted molar refractivity (Wildman–Crippen MR) is 126 cm³/mol. The standard InChI is InChI=1S/C24H24N6O5/c1-35-19-4-2-3-15(21(19)32)20(31)13-5-7-14(8-6-13)22(33)28-17-11-26-12-18(17)29-23(34)16-9-10-27-24(25)30-16/h2-10,17-18,26,32H,11-12H2,1H3,(H,28,33)(H,29,34)(H2,25,27,30)/t17?,18-/m1/s1. The lowest BCUT2D eigenvalue weighted by Gasteiger charge is -2.21. The van der Waals surface area contributed by atoms with Crippen molar-refractivity contribution in [3.8, 4) is 11.5 Å². The molecule has 2 amide bonds. The Morgan fingerprint density at radius 1 is 1.00 bits per heavy atom. The molecule has 0 radical (unpaired) electrons. The fourth-order valence-electron chi connectivity index (χ4n) is 3.78. The van der Waals surface area contributed by atoms with Crippen LogP contribution in [-0.4, -0.2) is 65.0 Å². The SMILES string of the molecule is COc1cccc(C(=O)c2ccc(C(=O)NC3CNC[C@H]3NC(=O)c3ccnc(N)n3)cc2)c1O. The van der Waals surface area contributed by atoms with Crippen LogP contribution >= 0.6 is 0 Å². The van der Waals surface area contributed by atoms with E-state index in [9.17, 15) is 19.5 Å². The van der Waals surface area contributed by atoms with Crippen LogP contribution in [-0.2, 0) is 0 Å². The monoisotopic (exact) mass is 476 g/mol. The molecule has 1 aliphatic heterocycles. The Labute approximate surface area is 200 Å². The number of methoxy groups -OCH3 is 1. The lowest BCUT2D eigenvalue weighted by Crippen LogP contribution is -2.51. The van der Waals surface area contributed by atoms with Crippen LogP contribution in [0, 0.1) is 0 Å². The number of ether oxygens (including phenoxy) is 1. The van der Waals surface area contributed by atoms with E-state index >= 15 is 0 Å². The summed E-state index contributed by atoms with van der Waals surface area (Å²) in [7, 11) is 1.40. The zero-order chi connectivity index (χ0) is 24.9. The molecule has 0 bridgehead atoms. The summed E-state index contributed by atoms with van der Waals surface area (Å²) in [6, 6.07) is 11.5. The van der Waals surface area contributed by atoms with Gasteiger partial charge in [0.2, 0.25) is 5.95 Å². The van der Waals surface area contributed by atoms with E-state index in [1.807, 2.05) is 0 Å². The number of amides is 2. The van der Waals surface area contributed by atoms with E-state index in [1.54, 1.807) is 12.1 Å². The molecule has 2 atom stereocenters. The molecule has 1 fully saturated rings. The lowest BCUT2D eigenvalue weighted by molar-refractivity contribution is 0.0894. The summed E-state index contributed by atoms with van der Waals surface area (Å²) >= 11 is 0. The van der Waals surface area contributed by atoms with Gasteiger partial charge in [-0.2, -0.15) is 0 Å². The van der Waals surface area contributed by atoms with E-state index in [4.69, 9.17) is 10.5 Å². The number of carbonyl (C=O) groups excluding carboxylic acids is 3. The Hall–Kier alpha value is -4.51. The van der Waals surface area contributed by atoms with Crippen molar-refractivity contribution in [2.75, 3.05) is 25.9 Å². The van der Waals surface area contributed by atoms with Gasteiger partial charge in [-0.15, -0.1) is 0 Å². The van der Waals surface area contributed by atoms with Crippen molar-refractivity contribution >= 4 is 23.5 Å². The van der Waals surface area contributed by atoms with Crippen molar-refractivity contribution < 1.29 is 24.2 Å². The Bertz CT molecular complexity index is 1260. The van der Waals surface area contributed by atoms with Crippen LogP contribution in [0.5, 0.6) is 11.5 Å². The number of nitrogen functional groups attached to an aromatic ring is 1. The Balaban J connectivity index is 1.41. The molecule has 4 rings (SSSR count). The molecular formula is C24H24N6O5. The van der Waals surface area contributed by atoms with E-state index in [2.05, 4.69) is 25.9 Å². The smallest absolute Gasteiger partial charge is 0.270 e. The van der Waals surface area contributed by atoms with E-state index < -0.39 is 11.7 Å². The van der Waals surface area contributed by atoms with E-state index in [0.29, 0.717) is 24.2 Å². The second kappa shape index (κ2) is 10.2. The minimum atomic E-state index is -0.421. The molecule has 2 aromatic carbocycles. The van der Waals surface area contributed by atoms with Gasteiger partial charge in [0, 0.05) is 30.4 Å². The van der Waals surface area contributed by atoms with Crippen LogP contribution in [0.15, 0.2) is 54.7 Å². The highest BCUT2D eigenvalue weighted by Gasteiger charge is 2.30. The van der Waals surface area contributed by atoms with Gasteiger partial charge in [0.25, 0.3) is 11.8 Å². The van der Waals surface area contributed by atoms with Crippen molar-refractivity contribution in [2.45, 2.75) is 12.1 Å². The number of nitrogens with one attached hydrogen (secondary N) is 3. The van der Waals surface area contributed by atoms with Crippen LogP contribution in [0.3, 0.4) is 0 Å². The maximum atomic E-state index is 12.8. The molecule has 1 aliphatic rings. The third-order valence-corrected chi connectivity index (χ3v) is 5.63. The Morgan fingerprint density at radius 3 is 2.31 bits per heavy atom. The molecule has 11 nitrogen and oxygen atoms in total. The van der Waals surface area contributed by atoms with Crippen LogP contribution < -0.4 is 26.4 Å². The highest BCUT2D eigenvalue weighted by molar-refractivity contribution is 6.11. The summed E-state index contributed by atoms with van der Waals surface area (Å²) in [6.45, 7) is 0.934. The van der Waals surface area contributed by atoms with Gasteiger partial charge in [0.1, 0.15) is 5.69 Å². The second-order valence-electron chi connectivity index (χ2n) is 7.88. The molecule has 1 aromatic heterocycles. The first-order valence-electron chi connectivity index (χ1n) is 10.8. The van der Waals surface area contributed by atoms with Gasteiger partial charge in [-0.3, -0.25) is 14.4 Å². The summed E-state index contributed by atoms with van der Waals surface area (Å²) in [5.41, 5.74) is 6.42. The number of phenolic OH excluding ortho intramolecular Hbond substituents is 1. The molecule has 3 aromatic rings. The fraction of sp³-hybridized carbons (Fsp3) is 0.208. The molecule has 180 valence electrons. The molecule has 0 spiro atoms. The summed E-state index contributed by atoms with van der Waals surface area (Å²) in [4.78, 5) is 45.8. The van der Waals surface area contributed by atoms with Crippen LogP contribution in [0.25, 0.3) is 0 Å². The molecule has 0 aliphatic carbocycles. The second-order valence-corrected chi connectivity index (χ2v) is 7.88. The maximum Gasteiger partial charge on any atom is 0.270 e. The molecule has 11 heteroatoms. The first kappa shape index (κ1) is 23.6. The zero-order valence-corrected chi connectivity index (χ0v) is 18.8. The zero-order valence-electron chi connectivity index (χ0n) is 18.8. The van der Waals surface area contributed by atoms with Crippen molar-refractivity contribution in [2.24, 2.45) is 0 Å². The topological polar surface area (TPSA) is 169 Å². The number of hydrogen-bond donors (Lipinski definition) is 5. The first-order chi connectivity index (χ1) is 16.9. The number of aromatic hydroxyl groups is 1. The highest BCUT2D eigenvalue weighted by atomic mass is 16.5. The summed E-state index contributed by atoms with van der Waals surface area (Å²) in [5.74, 6) is -1.23. The summed E-state index contributed by atoms with van der Waals surface area (Å²) < 4.78 is 5.05. The van der Waals surface area contributed by atoms with Crippen LogP contribution in [0.2, 0.25) is 0 Å². The average molecular weight is 476 g/mol. The molecule has 35 heavy (non-hydrogen) atoms. The highest BCUT2D eigenvalue weighted by Crippen LogP contribution is 2.31. The largest absolute Gasteiger partial charge is 0.504 e. The normalized spacial score (nSPS) is 16.9. The number of hydrogen-bond acceptors (Lipinski definition) is 9. The number of carbonyl (C=O) groups is 3. The van der Waals surface area contributed by atoms with Crippen molar-refractivity contribution in [1.29, 1.82) is 0 Å². The molecule has 1 saturated heterocycles. The fourth-order valence-corrected chi connectivity index (χ4v) is 3.78. The molecule has 2 heterocycles. The van der Waals surface area contributed by atoms with Gasteiger partial charge in [-0.05, 0) is 30.3 Å². The van der Waals surface area contributed by atoms with Crippen LogP contribution in [0.4, 0.5) is 5.95 Å². The first-order valence-corrected chi connectivity index (χ1v) is 10.8. The quantitative estimate of drug-likeness (QED) is 0.305. The number of ketones is 1. The third kappa shape index (κ3) is 5.20. The Morgan fingerprint density at radius 2 is 1.66 bits per heavy atom. The number of nitrogens with zero attached hydrogens (tertiary/aromatic N) is 2. The van der Waals surface area contributed by atoms with Gasteiger partial charge in [0.15, 0.2) is 17.3 Å². The van der Waals surface area contributed by atoms with Gasteiger partial charge < -0.3 is 31.5 Å². The van der Waals surface area contributed by atoms with Gasteiger partial charge in [-0.1, -0.05) is 18.2 Å². The minimum absolute atomic E-state index is 0.00408.